The number of likely N-dealkylation sites (N-methyl/N-ethyl adjacent to an activating group) is 1. The lowest BCUT2D eigenvalue weighted by molar-refractivity contribution is 0.0309. The molecule has 0 heterocycles. The van der Waals surface area contributed by atoms with Crippen molar-refractivity contribution in [2.75, 3.05) is 34.4 Å². The van der Waals surface area contributed by atoms with Crippen LogP contribution in [0.5, 0.6) is 5.75 Å². The first-order valence-corrected chi connectivity index (χ1v) is 7.30. The lowest BCUT2D eigenvalue weighted by atomic mass is 9.96. The Morgan fingerprint density at radius 1 is 1.33 bits per heavy atom. The summed E-state index contributed by atoms with van der Waals surface area (Å²) in [5.74, 6) is 0.812. The third-order valence-electron chi connectivity index (χ3n) is 3.64. The van der Waals surface area contributed by atoms with E-state index in [4.69, 9.17) is 15.2 Å². The van der Waals surface area contributed by atoms with Crippen LogP contribution >= 0.6 is 0 Å². The van der Waals surface area contributed by atoms with Crippen LogP contribution in [0.2, 0.25) is 0 Å². The molecule has 0 radical (unpaired) electrons. The number of hydrogen-bond acceptors (Lipinski definition) is 5. The minimum absolute atomic E-state index is 0.0168. The molecule has 0 saturated heterocycles. The zero-order chi connectivity index (χ0) is 15.8. The molecule has 3 N–H and O–H groups in total. The lowest BCUT2D eigenvalue weighted by Crippen LogP contribution is -2.42. The summed E-state index contributed by atoms with van der Waals surface area (Å²) in [6, 6.07) is 7.93. The van der Waals surface area contributed by atoms with Crippen molar-refractivity contribution in [1.82, 2.24) is 4.90 Å². The van der Waals surface area contributed by atoms with Crippen molar-refractivity contribution in [3.05, 3.63) is 29.8 Å². The Hall–Kier alpha value is -1.14. The van der Waals surface area contributed by atoms with Crippen LogP contribution in [0.15, 0.2) is 24.3 Å². The molecule has 21 heavy (non-hydrogen) atoms. The molecule has 1 aromatic carbocycles. The van der Waals surface area contributed by atoms with Crippen molar-refractivity contribution in [3.63, 3.8) is 0 Å². The summed E-state index contributed by atoms with van der Waals surface area (Å²) in [4.78, 5) is 2.08. The molecule has 0 saturated carbocycles. The maximum atomic E-state index is 9.94. The summed E-state index contributed by atoms with van der Waals surface area (Å²) in [5.41, 5.74) is 7.39. The number of nitrogens with two attached hydrogens (primary N) is 1. The summed E-state index contributed by atoms with van der Waals surface area (Å²) in [6.07, 6.45) is 0.323. The van der Waals surface area contributed by atoms with Crippen LogP contribution in [-0.4, -0.2) is 56.6 Å². The standard InChI is InChI=1S/C16H28N2O3/c1-5-15(17)16(18(2)10-13(19)11-20-3)12-7-6-8-14(9-12)21-4/h6-9,13,15-16,19H,5,10-11,17H2,1-4H3. The third kappa shape index (κ3) is 5.28. The van der Waals surface area contributed by atoms with E-state index >= 15 is 0 Å². The second kappa shape index (κ2) is 9.00. The number of aliphatic hydroxyl groups is 1. The van der Waals surface area contributed by atoms with Crippen LogP contribution in [0, 0.1) is 0 Å². The van der Waals surface area contributed by atoms with Gasteiger partial charge in [0, 0.05) is 25.7 Å². The largest absolute Gasteiger partial charge is 0.497 e. The van der Waals surface area contributed by atoms with Crippen LogP contribution in [0.3, 0.4) is 0 Å². The summed E-state index contributed by atoms with van der Waals surface area (Å²) >= 11 is 0. The molecular weight excluding hydrogens is 268 g/mol. The van der Waals surface area contributed by atoms with Gasteiger partial charge in [-0.05, 0) is 31.2 Å². The smallest absolute Gasteiger partial charge is 0.119 e. The molecule has 1 aromatic rings. The highest BCUT2D eigenvalue weighted by Gasteiger charge is 2.25. The van der Waals surface area contributed by atoms with E-state index in [1.807, 2.05) is 31.3 Å². The van der Waals surface area contributed by atoms with Crippen LogP contribution < -0.4 is 10.5 Å². The van der Waals surface area contributed by atoms with E-state index in [0.717, 1.165) is 17.7 Å². The molecule has 0 fully saturated rings. The second-order valence-corrected chi connectivity index (χ2v) is 5.34. The fourth-order valence-electron chi connectivity index (χ4n) is 2.57. The van der Waals surface area contributed by atoms with Crippen molar-refractivity contribution >= 4 is 0 Å². The normalized spacial score (nSPS) is 15.8. The van der Waals surface area contributed by atoms with E-state index in [-0.39, 0.29) is 12.1 Å². The fourth-order valence-corrected chi connectivity index (χ4v) is 2.57. The molecule has 0 amide bonds. The Bertz CT molecular complexity index is 414. The van der Waals surface area contributed by atoms with Gasteiger partial charge in [0.25, 0.3) is 0 Å². The fraction of sp³-hybridized carbons (Fsp3) is 0.625. The number of rotatable bonds is 9. The molecule has 5 nitrogen and oxygen atoms in total. The predicted molar refractivity (Wildman–Crippen MR) is 84.5 cm³/mol. The Morgan fingerprint density at radius 2 is 2.05 bits per heavy atom. The maximum Gasteiger partial charge on any atom is 0.119 e. The molecule has 3 atom stereocenters. The molecule has 3 unspecified atom stereocenters. The van der Waals surface area contributed by atoms with E-state index in [9.17, 15) is 5.11 Å². The minimum atomic E-state index is -0.530. The van der Waals surface area contributed by atoms with Crippen molar-refractivity contribution < 1.29 is 14.6 Å². The lowest BCUT2D eigenvalue weighted by Gasteiger charge is -2.34. The van der Waals surface area contributed by atoms with Gasteiger partial charge in [-0.15, -0.1) is 0 Å². The quantitative estimate of drug-likeness (QED) is 0.721. The van der Waals surface area contributed by atoms with Crippen molar-refractivity contribution in [2.45, 2.75) is 31.5 Å². The van der Waals surface area contributed by atoms with Gasteiger partial charge in [-0.3, -0.25) is 4.90 Å². The molecule has 0 spiro atoms. The van der Waals surface area contributed by atoms with Gasteiger partial charge in [0.05, 0.1) is 19.8 Å². The zero-order valence-corrected chi connectivity index (χ0v) is 13.5. The number of benzene rings is 1. The van der Waals surface area contributed by atoms with Crippen LogP contribution in [0.1, 0.15) is 24.9 Å². The summed E-state index contributed by atoms with van der Waals surface area (Å²) in [5, 5.41) is 9.94. The Balaban J connectivity index is 2.93. The number of methoxy groups -OCH3 is 2. The SMILES string of the molecule is CCC(N)C(c1cccc(OC)c1)N(C)CC(O)COC. The molecule has 0 aromatic heterocycles. The van der Waals surface area contributed by atoms with Gasteiger partial charge in [0.1, 0.15) is 5.75 Å². The van der Waals surface area contributed by atoms with Crippen LogP contribution in [0.4, 0.5) is 0 Å². The number of nitrogens with zero attached hydrogens (tertiary/aromatic N) is 1. The number of ether oxygens (including phenoxy) is 2. The summed E-state index contributed by atoms with van der Waals surface area (Å²) in [7, 11) is 5.21. The zero-order valence-electron chi connectivity index (χ0n) is 13.5. The van der Waals surface area contributed by atoms with E-state index in [1.165, 1.54) is 0 Å². The highest BCUT2D eigenvalue weighted by atomic mass is 16.5. The summed E-state index contributed by atoms with van der Waals surface area (Å²) < 4.78 is 10.3. The van der Waals surface area contributed by atoms with Gasteiger partial charge in [-0.1, -0.05) is 19.1 Å². The Kier molecular flexibility index (Phi) is 7.67. The molecule has 1 rings (SSSR count). The molecule has 0 aliphatic heterocycles. The third-order valence-corrected chi connectivity index (χ3v) is 3.64. The van der Waals surface area contributed by atoms with Crippen molar-refractivity contribution in [1.29, 1.82) is 0 Å². The van der Waals surface area contributed by atoms with E-state index in [2.05, 4.69) is 11.8 Å². The van der Waals surface area contributed by atoms with Gasteiger partial charge >= 0.3 is 0 Å². The molecule has 0 bridgehead atoms. The molecule has 0 aliphatic carbocycles. The first-order valence-electron chi connectivity index (χ1n) is 7.30. The highest BCUT2D eigenvalue weighted by molar-refractivity contribution is 5.31. The average Bonchev–Trinajstić information content (AvgIpc) is 2.47. The van der Waals surface area contributed by atoms with Crippen LogP contribution in [0.25, 0.3) is 0 Å². The first-order chi connectivity index (χ1) is 10.0. The molecular formula is C16H28N2O3. The number of hydrogen-bond donors (Lipinski definition) is 2. The van der Waals surface area contributed by atoms with E-state index < -0.39 is 6.10 Å². The Morgan fingerprint density at radius 3 is 2.62 bits per heavy atom. The van der Waals surface area contributed by atoms with Crippen LogP contribution in [-0.2, 0) is 4.74 Å². The van der Waals surface area contributed by atoms with Gasteiger partial charge in [0.15, 0.2) is 0 Å². The molecule has 0 aliphatic rings. The first kappa shape index (κ1) is 17.9. The molecule has 120 valence electrons. The minimum Gasteiger partial charge on any atom is -0.497 e. The number of aliphatic hydroxyl groups excluding tert-OH is 1. The van der Waals surface area contributed by atoms with E-state index in [0.29, 0.717) is 13.2 Å². The average molecular weight is 296 g/mol. The second-order valence-electron chi connectivity index (χ2n) is 5.34. The van der Waals surface area contributed by atoms with Gasteiger partial charge in [-0.25, -0.2) is 0 Å². The predicted octanol–water partition coefficient (Wildman–Crippen LogP) is 1.41. The van der Waals surface area contributed by atoms with Crippen molar-refractivity contribution in [3.8, 4) is 5.75 Å². The van der Waals surface area contributed by atoms with Gasteiger partial charge < -0.3 is 20.3 Å². The Labute approximate surface area is 127 Å². The molecule has 5 heteroatoms. The van der Waals surface area contributed by atoms with Gasteiger partial charge in [0.2, 0.25) is 0 Å². The van der Waals surface area contributed by atoms with E-state index in [1.54, 1.807) is 14.2 Å². The topological polar surface area (TPSA) is 68.0 Å². The highest BCUT2D eigenvalue weighted by Crippen LogP contribution is 2.27. The van der Waals surface area contributed by atoms with Gasteiger partial charge in [-0.2, -0.15) is 0 Å². The maximum absolute atomic E-state index is 9.94. The summed E-state index contributed by atoms with van der Waals surface area (Å²) in [6.45, 7) is 2.89. The van der Waals surface area contributed by atoms with Crippen molar-refractivity contribution in [2.24, 2.45) is 5.73 Å². The monoisotopic (exact) mass is 296 g/mol.